The first-order valence-corrected chi connectivity index (χ1v) is 15.0. The number of benzene rings is 3. The Morgan fingerprint density at radius 2 is 1.56 bits per heavy atom. The van der Waals surface area contributed by atoms with Crippen molar-refractivity contribution in [2.24, 2.45) is 0 Å². The summed E-state index contributed by atoms with van der Waals surface area (Å²) in [6.07, 6.45) is -1.64. The zero-order valence-corrected chi connectivity index (χ0v) is 26.4. The lowest BCUT2D eigenvalue weighted by atomic mass is 10.0. The van der Waals surface area contributed by atoms with Crippen LogP contribution in [0.1, 0.15) is 24.0 Å². The Labute approximate surface area is 281 Å². The fraction of sp³-hybridized carbons (Fsp3) is 0.303. The molecule has 3 N–H and O–H groups in total. The van der Waals surface area contributed by atoms with Crippen LogP contribution in [0.2, 0.25) is 0 Å². The summed E-state index contributed by atoms with van der Waals surface area (Å²) in [5, 5.41) is 14.2. The number of halogens is 4. The van der Waals surface area contributed by atoms with E-state index < -0.39 is 89.8 Å². The molecule has 3 atom stereocenters. The molecular formula is C33H29F4N3O10. The van der Waals surface area contributed by atoms with Crippen molar-refractivity contribution < 1.29 is 65.6 Å². The first-order chi connectivity index (χ1) is 23.8. The van der Waals surface area contributed by atoms with Gasteiger partial charge in [-0.15, -0.1) is 0 Å². The lowest BCUT2D eigenvalue weighted by Gasteiger charge is -2.28. The summed E-state index contributed by atoms with van der Waals surface area (Å²) >= 11 is 0. The summed E-state index contributed by atoms with van der Waals surface area (Å²) in [4.78, 5) is 66.3. The van der Waals surface area contributed by atoms with Crippen LogP contribution < -0.4 is 34.5 Å². The maximum Gasteiger partial charge on any atom is 0.413 e. The molecule has 0 radical (unpaired) electrons. The van der Waals surface area contributed by atoms with Crippen LogP contribution in [0, 0.1) is 23.3 Å². The van der Waals surface area contributed by atoms with Crippen LogP contribution >= 0.6 is 0 Å². The SMILES string of the molecule is COc1cc(OC)cc(OC(=O)NC2CCc3cccc4c3N(C2=O)C(C(=O)NC(CC(=O)O)C(=O)COc2c(F)c(F)cc(F)c2F)C4)c1. The smallest absolute Gasteiger partial charge is 0.413 e. The van der Waals surface area contributed by atoms with E-state index in [1.807, 2.05) is 0 Å². The molecule has 5 rings (SSSR count). The van der Waals surface area contributed by atoms with Gasteiger partial charge in [0.15, 0.2) is 23.2 Å². The number of ketones is 1. The Morgan fingerprint density at radius 1 is 0.940 bits per heavy atom. The van der Waals surface area contributed by atoms with Crippen molar-refractivity contribution in [1.29, 1.82) is 0 Å². The fourth-order valence-electron chi connectivity index (χ4n) is 5.70. The maximum absolute atomic E-state index is 14.1. The summed E-state index contributed by atoms with van der Waals surface area (Å²) in [7, 11) is 2.81. The largest absolute Gasteiger partial charge is 0.496 e. The van der Waals surface area contributed by atoms with Crippen molar-refractivity contribution in [2.75, 3.05) is 25.7 Å². The number of anilines is 1. The van der Waals surface area contributed by atoms with E-state index in [0.717, 1.165) is 4.90 Å². The standard InChI is InChI=1S/C33H29F4N3O10/c1-47-17-9-18(48-2)11-19(10-17)50-33(46)39-22-7-6-15-4-3-5-16-8-24(40(29(15)16)32(22)45)31(44)38-23(13-26(42)43)25(41)14-49-30-27(36)20(34)12-21(35)28(30)37/h3-5,9-12,22-24H,6-8,13-14H2,1-2H3,(H,38,44)(H,39,46)(H,42,43). The number of aliphatic carboxylic acids is 1. The molecule has 0 fully saturated rings. The predicted molar refractivity (Wildman–Crippen MR) is 163 cm³/mol. The lowest BCUT2D eigenvalue weighted by molar-refractivity contribution is -0.140. The Bertz CT molecular complexity index is 1830. The first-order valence-electron chi connectivity index (χ1n) is 15.0. The van der Waals surface area contributed by atoms with Crippen LogP contribution in [0.25, 0.3) is 0 Å². The third-order valence-electron chi connectivity index (χ3n) is 8.05. The molecule has 0 saturated carbocycles. The number of Topliss-reactive ketones (excluding diaryl/α,β-unsaturated/α-hetero) is 1. The Balaban J connectivity index is 1.34. The van der Waals surface area contributed by atoms with Gasteiger partial charge in [-0.2, -0.15) is 8.78 Å². The van der Waals surface area contributed by atoms with Gasteiger partial charge in [-0.05, 0) is 24.0 Å². The van der Waals surface area contributed by atoms with Crippen molar-refractivity contribution in [3.05, 3.63) is 76.9 Å². The van der Waals surface area contributed by atoms with Crippen LogP contribution in [-0.4, -0.2) is 73.7 Å². The molecule has 13 nitrogen and oxygen atoms in total. The Kier molecular flexibility index (Phi) is 10.4. The van der Waals surface area contributed by atoms with Crippen molar-refractivity contribution in [3.8, 4) is 23.0 Å². The molecule has 2 heterocycles. The van der Waals surface area contributed by atoms with E-state index in [0.29, 0.717) is 34.7 Å². The number of nitrogens with one attached hydrogen (secondary N) is 2. The topological polar surface area (TPSA) is 170 Å². The number of carbonyl (C=O) groups is 5. The number of hydrogen-bond donors (Lipinski definition) is 3. The van der Waals surface area contributed by atoms with E-state index in [-0.39, 0.29) is 24.7 Å². The average Bonchev–Trinajstić information content (AvgIpc) is 3.42. The molecule has 0 bridgehead atoms. The highest BCUT2D eigenvalue weighted by molar-refractivity contribution is 6.08. The molecule has 264 valence electrons. The van der Waals surface area contributed by atoms with E-state index in [4.69, 9.17) is 14.2 Å². The number of rotatable bonds is 12. The third-order valence-corrected chi connectivity index (χ3v) is 8.05. The monoisotopic (exact) mass is 703 g/mol. The van der Waals surface area contributed by atoms with Crippen molar-refractivity contribution in [3.63, 3.8) is 0 Å². The molecule has 0 spiro atoms. The molecule has 0 aromatic heterocycles. The fourth-order valence-corrected chi connectivity index (χ4v) is 5.70. The van der Waals surface area contributed by atoms with E-state index in [2.05, 4.69) is 15.4 Å². The molecule has 17 heteroatoms. The van der Waals surface area contributed by atoms with Gasteiger partial charge in [-0.25, -0.2) is 13.6 Å². The minimum atomic E-state index is -1.93. The molecule has 3 aromatic rings. The molecule has 0 aliphatic carbocycles. The molecule has 2 aliphatic heterocycles. The zero-order valence-electron chi connectivity index (χ0n) is 26.4. The lowest BCUT2D eigenvalue weighted by Crippen LogP contribution is -2.57. The van der Waals surface area contributed by atoms with Crippen molar-refractivity contribution in [2.45, 2.75) is 43.8 Å². The number of hydrogen-bond acceptors (Lipinski definition) is 9. The second-order valence-electron chi connectivity index (χ2n) is 11.2. The van der Waals surface area contributed by atoms with Gasteiger partial charge >= 0.3 is 12.1 Å². The summed E-state index contributed by atoms with van der Waals surface area (Å²) in [5.74, 6) is -12.7. The van der Waals surface area contributed by atoms with E-state index in [1.165, 1.54) is 26.4 Å². The van der Waals surface area contributed by atoms with Gasteiger partial charge < -0.3 is 34.7 Å². The molecule has 3 amide bonds. The average molecular weight is 704 g/mol. The van der Waals surface area contributed by atoms with Gasteiger partial charge in [0.1, 0.15) is 42.0 Å². The first kappa shape index (κ1) is 35.4. The molecule has 50 heavy (non-hydrogen) atoms. The summed E-state index contributed by atoms with van der Waals surface area (Å²) in [5.41, 5.74) is 1.68. The van der Waals surface area contributed by atoms with Crippen molar-refractivity contribution in [1.82, 2.24) is 10.6 Å². The van der Waals surface area contributed by atoms with Gasteiger partial charge in [0, 0.05) is 30.7 Å². The highest BCUT2D eigenvalue weighted by Crippen LogP contribution is 2.39. The number of carbonyl (C=O) groups excluding carboxylic acids is 4. The molecule has 0 saturated heterocycles. The minimum absolute atomic E-state index is 0.0506. The molecule has 3 unspecified atom stereocenters. The van der Waals surface area contributed by atoms with Gasteiger partial charge in [0.05, 0.1) is 26.3 Å². The van der Waals surface area contributed by atoms with Gasteiger partial charge in [-0.3, -0.25) is 24.1 Å². The number of nitrogens with zero attached hydrogens (tertiary/aromatic N) is 1. The number of carboxylic acids is 1. The van der Waals surface area contributed by atoms with Gasteiger partial charge in [0.2, 0.25) is 23.4 Å². The van der Waals surface area contributed by atoms with Crippen LogP contribution in [-0.2, 0) is 32.0 Å². The Hall–Kier alpha value is -5.87. The van der Waals surface area contributed by atoms with Crippen LogP contribution in [0.15, 0.2) is 42.5 Å². The second kappa shape index (κ2) is 14.7. The molecule has 2 aliphatic rings. The van der Waals surface area contributed by atoms with Crippen LogP contribution in [0.4, 0.5) is 28.0 Å². The van der Waals surface area contributed by atoms with Gasteiger partial charge in [0.25, 0.3) is 0 Å². The number of aryl methyl sites for hydroxylation is 1. The molecular weight excluding hydrogens is 674 g/mol. The maximum atomic E-state index is 14.1. The van der Waals surface area contributed by atoms with E-state index in [9.17, 15) is 46.6 Å². The normalized spacial score (nSPS) is 16.8. The highest BCUT2D eigenvalue weighted by Gasteiger charge is 2.45. The zero-order chi connectivity index (χ0) is 36.3. The van der Waals surface area contributed by atoms with E-state index in [1.54, 1.807) is 24.3 Å². The van der Waals surface area contributed by atoms with E-state index >= 15 is 0 Å². The predicted octanol–water partition coefficient (Wildman–Crippen LogP) is 3.23. The highest BCUT2D eigenvalue weighted by atomic mass is 19.2. The number of ether oxygens (including phenoxy) is 4. The number of amides is 3. The summed E-state index contributed by atoms with van der Waals surface area (Å²) < 4.78 is 75.7. The quantitative estimate of drug-likeness (QED) is 0.188. The van der Waals surface area contributed by atoms with Gasteiger partial charge in [-0.1, -0.05) is 18.2 Å². The Morgan fingerprint density at radius 3 is 2.18 bits per heavy atom. The third kappa shape index (κ3) is 7.40. The van der Waals surface area contributed by atoms with Crippen molar-refractivity contribution >= 4 is 35.3 Å². The van der Waals surface area contributed by atoms with Crippen LogP contribution in [0.5, 0.6) is 23.0 Å². The summed E-state index contributed by atoms with van der Waals surface area (Å²) in [6, 6.07) is 5.11. The number of methoxy groups -OCH3 is 2. The van der Waals surface area contributed by atoms with Crippen LogP contribution in [0.3, 0.4) is 0 Å². The molecule has 3 aromatic carbocycles. The number of carboxylic acid groups (broad SMARTS) is 1. The summed E-state index contributed by atoms with van der Waals surface area (Å²) in [6.45, 7) is -1.28. The second-order valence-corrected chi connectivity index (χ2v) is 11.2. The number of para-hydroxylation sites is 1. The minimum Gasteiger partial charge on any atom is -0.496 e.